The number of ether oxygens (including phenoxy) is 1. The van der Waals surface area contributed by atoms with Crippen LogP contribution in [0.1, 0.15) is 18.4 Å². The molecule has 2 aliphatic heterocycles. The zero-order valence-corrected chi connectivity index (χ0v) is 13.7. The summed E-state index contributed by atoms with van der Waals surface area (Å²) in [7, 11) is 0. The van der Waals surface area contributed by atoms with Crippen molar-refractivity contribution in [1.29, 1.82) is 0 Å². The van der Waals surface area contributed by atoms with E-state index in [1.165, 1.54) is 4.90 Å². The predicted molar refractivity (Wildman–Crippen MR) is 86.5 cm³/mol. The van der Waals surface area contributed by atoms with Gasteiger partial charge in [0.15, 0.2) is 6.61 Å². The van der Waals surface area contributed by atoms with Gasteiger partial charge in [-0.05, 0) is 31.4 Å². The number of aryl methyl sites for hydroxylation is 1. The Hall–Kier alpha value is -2.57. The van der Waals surface area contributed by atoms with Crippen LogP contribution in [-0.4, -0.2) is 59.9 Å². The van der Waals surface area contributed by atoms with Gasteiger partial charge in [0.05, 0.1) is 6.54 Å². The van der Waals surface area contributed by atoms with E-state index in [-0.39, 0.29) is 37.0 Å². The number of benzene rings is 1. The van der Waals surface area contributed by atoms with Crippen LogP contribution in [-0.2, 0) is 9.59 Å². The molecule has 0 aromatic heterocycles. The Balaban J connectivity index is 1.49. The van der Waals surface area contributed by atoms with Crippen LogP contribution in [0.5, 0.6) is 5.75 Å². The fourth-order valence-electron chi connectivity index (χ4n) is 3.13. The Morgan fingerprint density at radius 3 is 2.58 bits per heavy atom. The topological polar surface area (TPSA) is 79.0 Å². The minimum absolute atomic E-state index is 0.00134. The van der Waals surface area contributed by atoms with Gasteiger partial charge in [-0.3, -0.25) is 14.5 Å². The number of rotatable bonds is 4. The summed E-state index contributed by atoms with van der Waals surface area (Å²) in [5.74, 6) is 0.446. The molecule has 0 unspecified atom stereocenters. The molecule has 128 valence electrons. The molecule has 2 fully saturated rings. The maximum Gasteiger partial charge on any atom is 0.324 e. The molecule has 1 aromatic carbocycles. The lowest BCUT2D eigenvalue weighted by atomic mass is 10.0. The first-order valence-corrected chi connectivity index (χ1v) is 8.12. The van der Waals surface area contributed by atoms with Crippen LogP contribution < -0.4 is 10.1 Å². The van der Waals surface area contributed by atoms with Gasteiger partial charge in [-0.15, -0.1) is 0 Å². The van der Waals surface area contributed by atoms with Crippen LogP contribution in [0.25, 0.3) is 0 Å². The van der Waals surface area contributed by atoms with E-state index in [0.717, 1.165) is 5.56 Å². The lowest BCUT2D eigenvalue weighted by molar-refractivity contribution is -0.135. The predicted octanol–water partition coefficient (Wildman–Crippen LogP) is 0.917. The Morgan fingerprint density at radius 2 is 1.96 bits per heavy atom. The Bertz CT molecular complexity index is 637. The van der Waals surface area contributed by atoms with Crippen LogP contribution in [0.3, 0.4) is 0 Å². The second-order valence-electron chi connectivity index (χ2n) is 6.09. The van der Waals surface area contributed by atoms with Crippen molar-refractivity contribution in [3.05, 3.63) is 29.8 Å². The first-order chi connectivity index (χ1) is 11.6. The van der Waals surface area contributed by atoms with Crippen molar-refractivity contribution >= 4 is 17.8 Å². The number of urea groups is 1. The normalized spacial score (nSPS) is 18.7. The number of imide groups is 1. The van der Waals surface area contributed by atoms with Gasteiger partial charge in [0, 0.05) is 19.1 Å². The number of carbonyl (C=O) groups excluding carboxylic acids is 3. The summed E-state index contributed by atoms with van der Waals surface area (Å²) in [6, 6.07) is 7.12. The molecule has 3 rings (SSSR count). The van der Waals surface area contributed by atoms with Gasteiger partial charge < -0.3 is 15.0 Å². The summed E-state index contributed by atoms with van der Waals surface area (Å²) in [5.41, 5.74) is 0.988. The van der Waals surface area contributed by atoms with Crippen LogP contribution in [0.2, 0.25) is 0 Å². The molecular weight excluding hydrogens is 310 g/mol. The summed E-state index contributed by atoms with van der Waals surface area (Å²) in [5, 5.41) is 2.53. The molecule has 0 atom stereocenters. The smallest absolute Gasteiger partial charge is 0.324 e. The van der Waals surface area contributed by atoms with E-state index in [4.69, 9.17) is 4.74 Å². The summed E-state index contributed by atoms with van der Waals surface area (Å²) < 4.78 is 5.59. The second kappa shape index (κ2) is 6.90. The first kappa shape index (κ1) is 16.3. The molecule has 2 saturated heterocycles. The fraction of sp³-hybridized carbons (Fsp3) is 0.471. The van der Waals surface area contributed by atoms with E-state index in [1.807, 2.05) is 31.2 Å². The molecule has 1 N–H and O–H groups in total. The van der Waals surface area contributed by atoms with Crippen molar-refractivity contribution in [3.63, 3.8) is 0 Å². The number of nitrogens with one attached hydrogen (secondary N) is 1. The number of piperidine rings is 1. The molecule has 24 heavy (non-hydrogen) atoms. The number of amides is 4. The summed E-state index contributed by atoms with van der Waals surface area (Å²) in [4.78, 5) is 38.7. The third-order valence-electron chi connectivity index (χ3n) is 4.51. The lowest BCUT2D eigenvalue weighted by Gasteiger charge is -2.35. The van der Waals surface area contributed by atoms with E-state index >= 15 is 0 Å². The van der Waals surface area contributed by atoms with Gasteiger partial charge in [0.1, 0.15) is 5.75 Å². The summed E-state index contributed by atoms with van der Waals surface area (Å²) >= 11 is 0. The van der Waals surface area contributed by atoms with Crippen molar-refractivity contribution in [2.24, 2.45) is 0 Å². The van der Waals surface area contributed by atoms with Crippen molar-refractivity contribution < 1.29 is 19.1 Å². The molecule has 2 heterocycles. The molecule has 0 aliphatic carbocycles. The maximum absolute atomic E-state index is 12.3. The number of nitrogens with zero attached hydrogens (tertiary/aromatic N) is 2. The van der Waals surface area contributed by atoms with E-state index in [1.54, 1.807) is 4.90 Å². The zero-order chi connectivity index (χ0) is 17.1. The van der Waals surface area contributed by atoms with Crippen LogP contribution in [0.15, 0.2) is 24.3 Å². The lowest BCUT2D eigenvalue weighted by Crippen LogP contribution is -2.49. The highest BCUT2D eigenvalue weighted by atomic mass is 16.5. The maximum atomic E-state index is 12.3. The van der Waals surface area contributed by atoms with Gasteiger partial charge in [-0.2, -0.15) is 0 Å². The molecule has 0 saturated carbocycles. The zero-order valence-electron chi connectivity index (χ0n) is 13.7. The Kier molecular flexibility index (Phi) is 4.69. The standard InChI is InChI=1S/C17H21N3O4/c1-12-4-2-3-5-14(12)24-11-16(22)19-8-6-13(7-9-19)20-15(21)10-18-17(20)23/h2-5,13H,6-11H2,1H3,(H,18,23). The minimum Gasteiger partial charge on any atom is -0.484 e. The largest absolute Gasteiger partial charge is 0.484 e. The molecule has 2 aliphatic rings. The van der Waals surface area contributed by atoms with Gasteiger partial charge in [0.25, 0.3) is 5.91 Å². The highest BCUT2D eigenvalue weighted by Crippen LogP contribution is 2.20. The van der Waals surface area contributed by atoms with E-state index in [0.29, 0.717) is 31.7 Å². The SMILES string of the molecule is Cc1ccccc1OCC(=O)N1CCC(N2C(=O)CNC2=O)CC1. The first-order valence-electron chi connectivity index (χ1n) is 8.12. The molecule has 4 amide bonds. The van der Waals surface area contributed by atoms with Crippen LogP contribution in [0.4, 0.5) is 4.79 Å². The van der Waals surface area contributed by atoms with Crippen molar-refractivity contribution in [2.45, 2.75) is 25.8 Å². The van der Waals surface area contributed by atoms with Gasteiger partial charge in [0.2, 0.25) is 5.91 Å². The third-order valence-corrected chi connectivity index (χ3v) is 4.51. The van der Waals surface area contributed by atoms with Gasteiger partial charge in [-0.1, -0.05) is 18.2 Å². The fourth-order valence-corrected chi connectivity index (χ4v) is 3.13. The van der Waals surface area contributed by atoms with Gasteiger partial charge in [-0.25, -0.2) is 4.79 Å². The van der Waals surface area contributed by atoms with Crippen molar-refractivity contribution in [3.8, 4) is 5.75 Å². The second-order valence-corrected chi connectivity index (χ2v) is 6.09. The number of hydrogen-bond acceptors (Lipinski definition) is 4. The minimum atomic E-state index is -0.326. The molecule has 0 bridgehead atoms. The van der Waals surface area contributed by atoms with Crippen molar-refractivity contribution in [2.75, 3.05) is 26.2 Å². The number of hydrogen-bond donors (Lipinski definition) is 1. The quantitative estimate of drug-likeness (QED) is 0.832. The molecule has 7 heteroatoms. The van der Waals surface area contributed by atoms with Crippen molar-refractivity contribution in [1.82, 2.24) is 15.1 Å². The third kappa shape index (κ3) is 3.34. The molecular formula is C17H21N3O4. The summed E-state index contributed by atoms with van der Waals surface area (Å²) in [6.07, 6.45) is 1.21. The average molecular weight is 331 g/mol. The molecule has 1 aromatic rings. The van der Waals surface area contributed by atoms with E-state index in [2.05, 4.69) is 5.32 Å². The summed E-state index contributed by atoms with van der Waals surface area (Å²) in [6.45, 7) is 3.06. The molecule has 0 spiro atoms. The highest BCUT2D eigenvalue weighted by Gasteiger charge is 2.37. The monoisotopic (exact) mass is 331 g/mol. The average Bonchev–Trinajstić information content (AvgIpc) is 2.93. The molecule has 7 nitrogen and oxygen atoms in total. The Labute approximate surface area is 140 Å². The van der Waals surface area contributed by atoms with Gasteiger partial charge >= 0.3 is 6.03 Å². The number of likely N-dealkylation sites (tertiary alicyclic amines) is 1. The van der Waals surface area contributed by atoms with Crippen LogP contribution in [0, 0.1) is 6.92 Å². The number of para-hydroxylation sites is 1. The van der Waals surface area contributed by atoms with E-state index < -0.39 is 0 Å². The van der Waals surface area contributed by atoms with Crippen LogP contribution >= 0.6 is 0 Å². The number of carbonyl (C=O) groups is 3. The Morgan fingerprint density at radius 1 is 1.25 bits per heavy atom. The highest BCUT2D eigenvalue weighted by molar-refractivity contribution is 6.02. The molecule has 0 radical (unpaired) electrons. The van der Waals surface area contributed by atoms with E-state index in [9.17, 15) is 14.4 Å².